The van der Waals surface area contributed by atoms with Crippen LogP contribution in [0.4, 0.5) is 0 Å². The number of esters is 1. The second-order valence-electron chi connectivity index (χ2n) is 5.72. The summed E-state index contributed by atoms with van der Waals surface area (Å²) in [5.41, 5.74) is 1.54. The van der Waals surface area contributed by atoms with Gasteiger partial charge in [-0.3, -0.25) is 0 Å². The Balaban J connectivity index is 2.18. The summed E-state index contributed by atoms with van der Waals surface area (Å²) in [6.45, 7) is 7.78. The lowest BCUT2D eigenvalue weighted by atomic mass is 9.99. The molecule has 0 atom stereocenters. The lowest BCUT2D eigenvalue weighted by Crippen LogP contribution is -2.23. The molecule has 92 valence electrons. The minimum absolute atomic E-state index is 0.216. The van der Waals surface area contributed by atoms with Crippen LogP contribution in [0.15, 0.2) is 12.3 Å². The van der Waals surface area contributed by atoms with E-state index in [4.69, 9.17) is 4.74 Å². The van der Waals surface area contributed by atoms with Gasteiger partial charge in [0.05, 0.1) is 5.56 Å². The summed E-state index contributed by atoms with van der Waals surface area (Å²) in [6, 6.07) is 2.00. The highest BCUT2D eigenvalue weighted by molar-refractivity contribution is 6.32. The van der Waals surface area contributed by atoms with E-state index in [-0.39, 0.29) is 5.97 Å². The molecular formula is C13H20BNO2. The van der Waals surface area contributed by atoms with Crippen molar-refractivity contribution in [2.24, 2.45) is 0 Å². The number of carbonyl (C=O) groups is 1. The van der Waals surface area contributed by atoms with Gasteiger partial charge in [-0.2, -0.15) is 0 Å². The maximum absolute atomic E-state index is 11.9. The van der Waals surface area contributed by atoms with Crippen LogP contribution in [0.2, 0.25) is 6.82 Å². The minimum atomic E-state index is -0.425. The highest BCUT2D eigenvalue weighted by Crippen LogP contribution is 2.40. The van der Waals surface area contributed by atoms with Crippen molar-refractivity contribution in [3.8, 4) is 0 Å². The first-order chi connectivity index (χ1) is 7.90. The van der Waals surface area contributed by atoms with Crippen molar-refractivity contribution < 1.29 is 9.53 Å². The molecule has 1 saturated carbocycles. The molecule has 2 rings (SSSR count). The predicted octanol–water partition coefficient (Wildman–Crippen LogP) is 2.57. The van der Waals surface area contributed by atoms with E-state index < -0.39 is 5.60 Å². The summed E-state index contributed by atoms with van der Waals surface area (Å²) in [7, 11) is 0.911. The molecule has 1 heterocycles. The van der Waals surface area contributed by atoms with Crippen molar-refractivity contribution in [3.05, 3.63) is 23.5 Å². The molecule has 1 aliphatic rings. The minimum Gasteiger partial charge on any atom is -0.456 e. The Morgan fingerprint density at radius 3 is 2.59 bits per heavy atom. The Morgan fingerprint density at radius 2 is 2.12 bits per heavy atom. The number of aromatic nitrogens is 1. The Hall–Kier alpha value is -1.19. The van der Waals surface area contributed by atoms with Crippen molar-refractivity contribution in [3.63, 3.8) is 0 Å². The fourth-order valence-corrected chi connectivity index (χ4v) is 1.98. The zero-order valence-electron chi connectivity index (χ0n) is 11.1. The van der Waals surface area contributed by atoms with Gasteiger partial charge in [0.15, 0.2) is 0 Å². The average Bonchev–Trinajstić information content (AvgIpc) is 2.95. The van der Waals surface area contributed by atoms with Crippen molar-refractivity contribution in [2.45, 2.75) is 52.0 Å². The van der Waals surface area contributed by atoms with Gasteiger partial charge >= 0.3 is 5.97 Å². The van der Waals surface area contributed by atoms with Crippen LogP contribution < -0.4 is 0 Å². The van der Waals surface area contributed by atoms with Crippen molar-refractivity contribution in [1.82, 2.24) is 4.48 Å². The first-order valence-electron chi connectivity index (χ1n) is 6.34. The number of rotatable bonds is 3. The molecule has 0 amide bonds. The predicted molar refractivity (Wildman–Crippen MR) is 70.0 cm³/mol. The van der Waals surface area contributed by atoms with Gasteiger partial charge in [0.2, 0.25) is 7.41 Å². The zero-order valence-corrected chi connectivity index (χ0v) is 11.1. The first-order valence-corrected chi connectivity index (χ1v) is 6.34. The van der Waals surface area contributed by atoms with Crippen LogP contribution in [-0.2, 0) is 4.74 Å². The molecule has 4 heteroatoms. The van der Waals surface area contributed by atoms with E-state index in [2.05, 4.69) is 11.3 Å². The Kier molecular flexibility index (Phi) is 3.06. The summed E-state index contributed by atoms with van der Waals surface area (Å²) in [5, 5.41) is 0. The standard InChI is InChI=1S/C13H20BNO2/c1-13(2,3)17-12(16)10-7-11(9-5-6-9)15(8-10)14-4/h7-9,14H,5-6H2,1-4H3. The molecule has 3 nitrogen and oxygen atoms in total. The molecule has 0 spiro atoms. The summed E-state index contributed by atoms with van der Waals surface area (Å²) in [5.74, 6) is 0.442. The highest BCUT2D eigenvalue weighted by Gasteiger charge is 2.28. The van der Waals surface area contributed by atoms with Crippen LogP contribution >= 0.6 is 0 Å². The molecular weight excluding hydrogens is 213 g/mol. The Bertz CT molecular complexity index is 427. The van der Waals surface area contributed by atoms with Crippen LogP contribution in [0.25, 0.3) is 0 Å². The van der Waals surface area contributed by atoms with Gasteiger partial charge in [-0.25, -0.2) is 4.79 Å². The molecule has 0 aromatic carbocycles. The molecule has 0 bridgehead atoms. The molecule has 1 aromatic rings. The maximum atomic E-state index is 11.9. The molecule has 0 saturated heterocycles. The fraction of sp³-hybridized carbons (Fsp3) is 0.615. The molecule has 1 aromatic heterocycles. The topological polar surface area (TPSA) is 31.2 Å². The summed E-state index contributed by atoms with van der Waals surface area (Å²) < 4.78 is 7.55. The highest BCUT2D eigenvalue weighted by atomic mass is 16.6. The second kappa shape index (κ2) is 4.24. The summed E-state index contributed by atoms with van der Waals surface area (Å²) in [6.07, 6.45) is 4.41. The molecule has 0 aliphatic heterocycles. The number of hydrogen-bond donors (Lipinski definition) is 0. The van der Waals surface area contributed by atoms with Gasteiger partial charge in [0.25, 0.3) is 0 Å². The van der Waals surface area contributed by atoms with Gasteiger partial charge in [-0.05, 0) is 45.6 Å². The smallest absolute Gasteiger partial charge is 0.340 e. The third-order valence-corrected chi connectivity index (χ3v) is 2.90. The van der Waals surface area contributed by atoms with E-state index in [9.17, 15) is 4.79 Å². The zero-order chi connectivity index (χ0) is 12.6. The largest absolute Gasteiger partial charge is 0.456 e. The maximum Gasteiger partial charge on any atom is 0.340 e. The summed E-state index contributed by atoms with van der Waals surface area (Å²) in [4.78, 5) is 11.9. The van der Waals surface area contributed by atoms with Gasteiger partial charge in [-0.15, -0.1) is 0 Å². The van der Waals surface area contributed by atoms with Crippen LogP contribution in [-0.4, -0.2) is 23.5 Å². The SMILES string of the molecule is CBn1cc(C(=O)OC(C)(C)C)cc1C1CC1. The van der Waals surface area contributed by atoms with E-state index in [0.29, 0.717) is 11.5 Å². The van der Waals surface area contributed by atoms with Gasteiger partial charge in [-0.1, -0.05) is 6.82 Å². The van der Waals surface area contributed by atoms with E-state index in [0.717, 1.165) is 7.41 Å². The Morgan fingerprint density at radius 1 is 1.47 bits per heavy atom. The van der Waals surface area contributed by atoms with Crippen LogP contribution in [0.1, 0.15) is 55.6 Å². The van der Waals surface area contributed by atoms with E-state index in [1.165, 1.54) is 18.5 Å². The Labute approximate surface area is 103 Å². The molecule has 0 radical (unpaired) electrons. The van der Waals surface area contributed by atoms with Crippen molar-refractivity contribution >= 4 is 13.4 Å². The van der Waals surface area contributed by atoms with Crippen LogP contribution in [0.5, 0.6) is 0 Å². The third kappa shape index (κ3) is 2.93. The van der Waals surface area contributed by atoms with Crippen LogP contribution in [0.3, 0.4) is 0 Å². The normalized spacial score (nSPS) is 15.8. The third-order valence-electron chi connectivity index (χ3n) is 2.90. The van der Waals surface area contributed by atoms with Crippen molar-refractivity contribution in [2.75, 3.05) is 0 Å². The van der Waals surface area contributed by atoms with Gasteiger partial charge in [0.1, 0.15) is 5.60 Å². The monoisotopic (exact) mass is 233 g/mol. The van der Waals surface area contributed by atoms with Crippen LogP contribution in [0, 0.1) is 0 Å². The molecule has 0 unspecified atom stereocenters. The lowest BCUT2D eigenvalue weighted by Gasteiger charge is -2.18. The summed E-state index contributed by atoms with van der Waals surface area (Å²) >= 11 is 0. The quantitative estimate of drug-likeness (QED) is 0.593. The van der Waals surface area contributed by atoms with Gasteiger partial charge < -0.3 is 9.21 Å². The number of carbonyl (C=O) groups excluding carboxylic acids is 1. The number of hydrogen-bond acceptors (Lipinski definition) is 2. The molecule has 0 N–H and O–H groups in total. The average molecular weight is 233 g/mol. The molecule has 1 aliphatic carbocycles. The number of nitrogens with zero attached hydrogens (tertiary/aromatic N) is 1. The van der Waals surface area contributed by atoms with Gasteiger partial charge in [0, 0.05) is 11.9 Å². The number of ether oxygens (including phenoxy) is 1. The van der Waals surface area contributed by atoms with E-state index in [1.54, 1.807) is 0 Å². The lowest BCUT2D eigenvalue weighted by molar-refractivity contribution is 0.00697. The van der Waals surface area contributed by atoms with E-state index >= 15 is 0 Å². The molecule has 17 heavy (non-hydrogen) atoms. The second-order valence-corrected chi connectivity index (χ2v) is 5.72. The van der Waals surface area contributed by atoms with Crippen molar-refractivity contribution in [1.29, 1.82) is 0 Å². The fourth-order valence-electron chi connectivity index (χ4n) is 1.98. The molecule has 1 fully saturated rings. The van der Waals surface area contributed by atoms with E-state index in [1.807, 2.05) is 33.0 Å². The first kappa shape index (κ1) is 12.3.